The molecule has 0 spiro atoms. The number of hydrogen-bond acceptors (Lipinski definition) is 2. The van der Waals surface area contributed by atoms with Crippen molar-refractivity contribution in [1.82, 2.24) is 9.80 Å². The van der Waals surface area contributed by atoms with E-state index in [1.54, 1.807) is 0 Å². The van der Waals surface area contributed by atoms with Crippen LogP contribution in [0.1, 0.15) is 25.7 Å². The van der Waals surface area contributed by atoms with Crippen molar-refractivity contribution in [2.75, 3.05) is 27.2 Å². The maximum Gasteiger partial charge on any atom is 0.0235 e. The zero-order valence-corrected chi connectivity index (χ0v) is 8.29. The van der Waals surface area contributed by atoms with Crippen molar-refractivity contribution < 1.29 is 0 Å². The molecule has 0 amide bonds. The smallest absolute Gasteiger partial charge is 0.0235 e. The van der Waals surface area contributed by atoms with Crippen molar-refractivity contribution in [3.63, 3.8) is 0 Å². The minimum Gasteiger partial charge on any atom is -0.305 e. The molecule has 2 nitrogen and oxygen atoms in total. The first-order chi connectivity index (χ1) is 5.77. The van der Waals surface area contributed by atoms with Crippen LogP contribution in [0.4, 0.5) is 0 Å². The molecule has 0 aromatic rings. The predicted octanol–water partition coefficient (Wildman–Crippen LogP) is 1.17. The number of nitrogens with zero attached hydrogens (tertiary/aromatic N) is 2. The lowest BCUT2D eigenvalue weighted by Crippen LogP contribution is -2.44. The second-order valence-electron chi connectivity index (χ2n) is 4.45. The molecule has 2 heteroatoms. The minimum absolute atomic E-state index is 0.847. The Kier molecular flexibility index (Phi) is 2.37. The third-order valence-corrected chi connectivity index (χ3v) is 3.59. The van der Waals surface area contributed by atoms with E-state index in [-0.39, 0.29) is 0 Å². The van der Waals surface area contributed by atoms with Gasteiger partial charge in [-0.1, -0.05) is 6.42 Å². The highest BCUT2D eigenvalue weighted by molar-refractivity contribution is 4.87. The molecule has 0 radical (unpaired) electrons. The summed E-state index contributed by atoms with van der Waals surface area (Å²) in [5.41, 5.74) is 0. The van der Waals surface area contributed by atoms with Gasteiger partial charge in [0, 0.05) is 18.6 Å². The normalized spacial score (nSPS) is 32.8. The molecule has 2 rings (SSSR count). The van der Waals surface area contributed by atoms with E-state index in [0.29, 0.717) is 0 Å². The van der Waals surface area contributed by atoms with E-state index in [0.717, 1.165) is 12.1 Å². The van der Waals surface area contributed by atoms with Crippen molar-refractivity contribution in [3.8, 4) is 0 Å². The molecular weight excluding hydrogens is 148 g/mol. The van der Waals surface area contributed by atoms with Crippen LogP contribution in [0.5, 0.6) is 0 Å². The largest absolute Gasteiger partial charge is 0.305 e. The number of likely N-dealkylation sites (tertiary alicyclic amines) is 1. The molecule has 2 aliphatic rings. The Morgan fingerprint density at radius 1 is 1.17 bits per heavy atom. The van der Waals surface area contributed by atoms with Gasteiger partial charge in [0.05, 0.1) is 0 Å². The van der Waals surface area contributed by atoms with E-state index >= 15 is 0 Å². The Labute approximate surface area is 75.5 Å². The van der Waals surface area contributed by atoms with E-state index in [2.05, 4.69) is 23.9 Å². The van der Waals surface area contributed by atoms with Gasteiger partial charge in [0.15, 0.2) is 0 Å². The summed E-state index contributed by atoms with van der Waals surface area (Å²) in [4.78, 5) is 5.06. The van der Waals surface area contributed by atoms with Gasteiger partial charge in [0.2, 0.25) is 0 Å². The molecule has 0 N–H and O–H groups in total. The average Bonchev–Trinajstić information content (AvgIpc) is 2.31. The van der Waals surface area contributed by atoms with Crippen molar-refractivity contribution in [3.05, 3.63) is 0 Å². The van der Waals surface area contributed by atoms with Gasteiger partial charge in [-0.2, -0.15) is 0 Å². The van der Waals surface area contributed by atoms with Crippen molar-refractivity contribution >= 4 is 0 Å². The quantitative estimate of drug-likeness (QED) is 0.611. The highest BCUT2D eigenvalue weighted by Crippen LogP contribution is 2.27. The van der Waals surface area contributed by atoms with Crippen molar-refractivity contribution in [1.29, 1.82) is 0 Å². The zero-order chi connectivity index (χ0) is 8.55. The Morgan fingerprint density at radius 2 is 1.92 bits per heavy atom. The average molecular weight is 168 g/mol. The molecule has 1 atom stereocenters. The Hall–Kier alpha value is -0.0800. The molecule has 0 unspecified atom stereocenters. The maximum absolute atomic E-state index is 2.62. The standard InChI is InChI=1S/C10H20N2/c1-11-7-6-10(8-11)12(2)9-4-3-5-9/h9-10H,3-8H2,1-2H3/t10-/m0/s1. The van der Waals surface area contributed by atoms with Crippen LogP contribution < -0.4 is 0 Å². The summed E-state index contributed by atoms with van der Waals surface area (Å²) in [6.07, 6.45) is 5.72. The first kappa shape index (κ1) is 8.52. The highest BCUT2D eigenvalue weighted by atomic mass is 15.2. The fourth-order valence-electron chi connectivity index (χ4n) is 2.34. The minimum atomic E-state index is 0.847. The Balaban J connectivity index is 1.83. The molecular formula is C10H20N2. The predicted molar refractivity (Wildman–Crippen MR) is 51.3 cm³/mol. The molecule has 0 bridgehead atoms. The van der Waals surface area contributed by atoms with Gasteiger partial charge < -0.3 is 4.90 Å². The van der Waals surface area contributed by atoms with Gasteiger partial charge in [-0.25, -0.2) is 0 Å². The summed E-state index contributed by atoms with van der Waals surface area (Å²) in [7, 11) is 4.54. The zero-order valence-electron chi connectivity index (χ0n) is 8.29. The van der Waals surface area contributed by atoms with Gasteiger partial charge in [-0.3, -0.25) is 4.90 Å². The van der Waals surface area contributed by atoms with Gasteiger partial charge in [0.25, 0.3) is 0 Å². The maximum atomic E-state index is 2.62. The van der Waals surface area contributed by atoms with E-state index in [1.165, 1.54) is 38.8 Å². The SMILES string of the molecule is CN1CC[C@H](N(C)C2CCC2)C1. The molecule has 12 heavy (non-hydrogen) atoms. The molecule has 1 saturated carbocycles. The Bertz CT molecular complexity index is 154. The first-order valence-electron chi connectivity index (χ1n) is 5.18. The number of likely N-dealkylation sites (N-methyl/N-ethyl adjacent to an activating group) is 2. The van der Waals surface area contributed by atoms with Gasteiger partial charge in [-0.05, 0) is 39.9 Å². The lowest BCUT2D eigenvalue weighted by atomic mass is 9.91. The molecule has 0 aromatic heterocycles. The van der Waals surface area contributed by atoms with Crippen LogP contribution in [0.15, 0.2) is 0 Å². The molecule has 1 heterocycles. The fraction of sp³-hybridized carbons (Fsp3) is 1.00. The second-order valence-corrected chi connectivity index (χ2v) is 4.45. The Morgan fingerprint density at radius 3 is 2.33 bits per heavy atom. The van der Waals surface area contributed by atoms with Crippen LogP contribution in [0.3, 0.4) is 0 Å². The third-order valence-electron chi connectivity index (χ3n) is 3.59. The van der Waals surface area contributed by atoms with E-state index in [4.69, 9.17) is 0 Å². The van der Waals surface area contributed by atoms with Crippen molar-refractivity contribution in [2.24, 2.45) is 0 Å². The summed E-state index contributed by atoms with van der Waals surface area (Å²) in [6, 6.07) is 1.77. The summed E-state index contributed by atoms with van der Waals surface area (Å²) >= 11 is 0. The lowest BCUT2D eigenvalue weighted by molar-refractivity contribution is 0.113. The third kappa shape index (κ3) is 1.50. The lowest BCUT2D eigenvalue weighted by Gasteiger charge is -2.38. The highest BCUT2D eigenvalue weighted by Gasteiger charge is 2.30. The number of rotatable bonds is 2. The molecule has 1 aliphatic carbocycles. The molecule has 1 saturated heterocycles. The topological polar surface area (TPSA) is 6.48 Å². The summed E-state index contributed by atoms with van der Waals surface area (Å²) in [6.45, 7) is 2.58. The van der Waals surface area contributed by atoms with Gasteiger partial charge in [0.1, 0.15) is 0 Å². The first-order valence-corrected chi connectivity index (χ1v) is 5.18. The van der Waals surface area contributed by atoms with Crippen LogP contribution in [-0.2, 0) is 0 Å². The molecule has 70 valence electrons. The van der Waals surface area contributed by atoms with Crippen molar-refractivity contribution in [2.45, 2.75) is 37.8 Å². The van der Waals surface area contributed by atoms with Crippen LogP contribution >= 0.6 is 0 Å². The van der Waals surface area contributed by atoms with E-state index in [9.17, 15) is 0 Å². The van der Waals surface area contributed by atoms with Crippen LogP contribution in [0.2, 0.25) is 0 Å². The van der Waals surface area contributed by atoms with Gasteiger partial charge in [-0.15, -0.1) is 0 Å². The van der Waals surface area contributed by atoms with E-state index in [1.807, 2.05) is 0 Å². The van der Waals surface area contributed by atoms with Crippen LogP contribution in [0.25, 0.3) is 0 Å². The molecule has 1 aliphatic heterocycles. The van der Waals surface area contributed by atoms with Gasteiger partial charge >= 0.3 is 0 Å². The van der Waals surface area contributed by atoms with Crippen LogP contribution in [-0.4, -0.2) is 49.1 Å². The fourth-order valence-corrected chi connectivity index (χ4v) is 2.34. The summed E-state index contributed by atoms with van der Waals surface area (Å²) in [5, 5.41) is 0. The molecule has 0 aromatic carbocycles. The summed E-state index contributed by atoms with van der Waals surface area (Å²) < 4.78 is 0. The monoisotopic (exact) mass is 168 g/mol. The second kappa shape index (κ2) is 3.35. The van der Waals surface area contributed by atoms with E-state index < -0.39 is 0 Å². The van der Waals surface area contributed by atoms with Crippen LogP contribution in [0, 0.1) is 0 Å². The summed E-state index contributed by atoms with van der Waals surface area (Å²) in [5.74, 6) is 0. The molecule has 2 fully saturated rings. The number of hydrogen-bond donors (Lipinski definition) is 0.